The van der Waals surface area contributed by atoms with E-state index in [2.05, 4.69) is 0 Å². The molecule has 1 fully saturated rings. The Morgan fingerprint density at radius 2 is 2.11 bits per heavy atom. The number of aliphatic hydroxyl groups is 1. The van der Waals surface area contributed by atoms with Gasteiger partial charge in [-0.25, -0.2) is 9.59 Å². The maximum Gasteiger partial charge on any atom is 0.326 e. The van der Waals surface area contributed by atoms with E-state index < -0.39 is 12.0 Å². The molecule has 1 saturated heterocycles. The average Bonchev–Trinajstić information content (AvgIpc) is 2.71. The lowest BCUT2D eigenvalue weighted by molar-refractivity contribution is -0.142. The van der Waals surface area contributed by atoms with Crippen LogP contribution in [0.4, 0.5) is 4.79 Å². The van der Waals surface area contributed by atoms with Crippen LogP contribution in [0.15, 0.2) is 0 Å². The van der Waals surface area contributed by atoms with Crippen molar-refractivity contribution in [1.29, 1.82) is 0 Å². The molecule has 0 radical (unpaired) electrons. The van der Waals surface area contributed by atoms with Gasteiger partial charge in [0, 0.05) is 26.2 Å². The molecule has 2 atom stereocenters. The van der Waals surface area contributed by atoms with E-state index >= 15 is 0 Å². The molecule has 1 heterocycles. The minimum absolute atomic E-state index is 0.0111. The molecule has 1 aliphatic rings. The number of carbonyl (C=O) groups excluding carboxylic acids is 1. The van der Waals surface area contributed by atoms with Crippen LogP contribution in [0.2, 0.25) is 0 Å². The van der Waals surface area contributed by atoms with Gasteiger partial charge in [0.25, 0.3) is 0 Å². The van der Waals surface area contributed by atoms with Gasteiger partial charge < -0.3 is 20.0 Å². The van der Waals surface area contributed by atoms with Gasteiger partial charge in [0.1, 0.15) is 6.04 Å². The highest BCUT2D eigenvalue weighted by Gasteiger charge is 2.40. The van der Waals surface area contributed by atoms with Crippen molar-refractivity contribution in [3.63, 3.8) is 0 Å². The minimum atomic E-state index is -0.938. The molecule has 104 valence electrons. The fourth-order valence-corrected chi connectivity index (χ4v) is 2.37. The SMILES string of the molecule is CCN(CCCO)C(=O)N1CCC(C)C1C(=O)O. The van der Waals surface area contributed by atoms with E-state index in [9.17, 15) is 14.7 Å². The van der Waals surface area contributed by atoms with E-state index in [1.807, 2.05) is 13.8 Å². The molecule has 0 bridgehead atoms. The summed E-state index contributed by atoms with van der Waals surface area (Å²) < 4.78 is 0. The number of urea groups is 1. The van der Waals surface area contributed by atoms with Crippen molar-refractivity contribution in [2.75, 3.05) is 26.2 Å². The highest BCUT2D eigenvalue weighted by atomic mass is 16.4. The molecular weight excluding hydrogens is 236 g/mol. The Labute approximate surface area is 107 Å². The summed E-state index contributed by atoms with van der Waals surface area (Å²) in [6.07, 6.45) is 1.24. The maximum atomic E-state index is 12.2. The highest BCUT2D eigenvalue weighted by Crippen LogP contribution is 2.25. The fourth-order valence-electron chi connectivity index (χ4n) is 2.37. The molecule has 0 aromatic rings. The number of carbonyl (C=O) groups is 2. The van der Waals surface area contributed by atoms with E-state index in [-0.39, 0.29) is 18.6 Å². The van der Waals surface area contributed by atoms with Gasteiger partial charge in [0.2, 0.25) is 0 Å². The molecule has 2 unspecified atom stereocenters. The summed E-state index contributed by atoms with van der Waals surface area (Å²) in [5.41, 5.74) is 0. The number of carboxylic acids is 1. The lowest BCUT2D eigenvalue weighted by Crippen LogP contribution is -2.49. The molecule has 2 amide bonds. The Bertz CT molecular complexity index is 308. The predicted molar refractivity (Wildman–Crippen MR) is 66.3 cm³/mol. The second-order valence-electron chi connectivity index (χ2n) is 4.68. The Kier molecular flexibility index (Phi) is 5.40. The van der Waals surface area contributed by atoms with Gasteiger partial charge in [-0.05, 0) is 25.7 Å². The Balaban J connectivity index is 2.72. The number of rotatable bonds is 5. The van der Waals surface area contributed by atoms with E-state index in [1.54, 1.807) is 4.90 Å². The first-order valence-corrected chi connectivity index (χ1v) is 6.42. The molecule has 2 N–H and O–H groups in total. The van der Waals surface area contributed by atoms with Gasteiger partial charge in [0.05, 0.1) is 0 Å². The zero-order valence-electron chi connectivity index (χ0n) is 11.0. The largest absolute Gasteiger partial charge is 0.480 e. The summed E-state index contributed by atoms with van der Waals surface area (Å²) in [6, 6.07) is -0.955. The molecule has 0 aromatic heterocycles. The van der Waals surface area contributed by atoms with E-state index in [4.69, 9.17) is 5.11 Å². The van der Waals surface area contributed by atoms with Crippen molar-refractivity contribution in [3.8, 4) is 0 Å². The fraction of sp³-hybridized carbons (Fsp3) is 0.833. The first-order chi connectivity index (χ1) is 8.52. The molecule has 18 heavy (non-hydrogen) atoms. The summed E-state index contributed by atoms with van der Waals surface area (Å²) in [5, 5.41) is 18.0. The summed E-state index contributed by atoms with van der Waals surface area (Å²) in [4.78, 5) is 26.5. The third-order valence-corrected chi connectivity index (χ3v) is 3.44. The van der Waals surface area contributed by atoms with Crippen LogP contribution in [0, 0.1) is 5.92 Å². The molecule has 6 nitrogen and oxygen atoms in total. The standard InChI is InChI=1S/C12H22N2O4/c1-3-13(6-4-8-15)12(18)14-7-5-9(2)10(14)11(16)17/h9-10,15H,3-8H2,1-2H3,(H,16,17). The van der Waals surface area contributed by atoms with Crippen LogP contribution in [0.3, 0.4) is 0 Å². The number of carboxylic acid groups (broad SMARTS) is 1. The number of aliphatic hydroxyl groups excluding tert-OH is 1. The van der Waals surface area contributed by atoms with Crippen LogP contribution in [0.1, 0.15) is 26.7 Å². The number of aliphatic carboxylic acids is 1. The number of amides is 2. The van der Waals surface area contributed by atoms with Crippen LogP contribution in [0.5, 0.6) is 0 Å². The summed E-state index contributed by atoms with van der Waals surface area (Å²) in [6.45, 7) is 5.22. The van der Waals surface area contributed by atoms with Crippen molar-refractivity contribution >= 4 is 12.0 Å². The van der Waals surface area contributed by atoms with Gasteiger partial charge in [-0.1, -0.05) is 6.92 Å². The van der Waals surface area contributed by atoms with Crippen LogP contribution in [-0.4, -0.2) is 64.3 Å². The van der Waals surface area contributed by atoms with Crippen molar-refractivity contribution in [2.24, 2.45) is 5.92 Å². The van der Waals surface area contributed by atoms with Gasteiger partial charge in [-0.2, -0.15) is 0 Å². The van der Waals surface area contributed by atoms with E-state index in [0.29, 0.717) is 26.1 Å². The number of hydrogen-bond acceptors (Lipinski definition) is 3. The van der Waals surface area contributed by atoms with Crippen molar-refractivity contribution in [3.05, 3.63) is 0 Å². The molecule has 0 spiro atoms. The molecule has 0 aromatic carbocycles. The number of nitrogens with zero attached hydrogens (tertiary/aromatic N) is 2. The molecule has 0 saturated carbocycles. The predicted octanol–water partition coefficient (Wildman–Crippen LogP) is 0.606. The smallest absolute Gasteiger partial charge is 0.326 e. The molecule has 1 aliphatic heterocycles. The van der Waals surface area contributed by atoms with Crippen molar-refractivity contribution < 1.29 is 19.8 Å². The van der Waals surface area contributed by atoms with Gasteiger partial charge in [0.15, 0.2) is 0 Å². The average molecular weight is 258 g/mol. The summed E-state index contributed by atoms with van der Waals surface area (Å²) in [5.74, 6) is -0.949. The first-order valence-electron chi connectivity index (χ1n) is 6.42. The molecule has 6 heteroatoms. The second-order valence-corrected chi connectivity index (χ2v) is 4.68. The third kappa shape index (κ3) is 3.13. The lowest BCUT2D eigenvalue weighted by Gasteiger charge is -2.30. The van der Waals surface area contributed by atoms with Gasteiger partial charge >= 0.3 is 12.0 Å². The summed E-state index contributed by atoms with van der Waals surface area (Å²) >= 11 is 0. The first kappa shape index (κ1) is 14.8. The zero-order valence-corrected chi connectivity index (χ0v) is 11.0. The van der Waals surface area contributed by atoms with Gasteiger partial charge in [-0.15, -0.1) is 0 Å². The lowest BCUT2D eigenvalue weighted by atomic mass is 10.0. The van der Waals surface area contributed by atoms with Crippen LogP contribution in [0.25, 0.3) is 0 Å². The second kappa shape index (κ2) is 6.58. The maximum absolute atomic E-state index is 12.2. The monoisotopic (exact) mass is 258 g/mol. The minimum Gasteiger partial charge on any atom is -0.480 e. The summed E-state index contributed by atoms with van der Waals surface area (Å²) in [7, 11) is 0. The van der Waals surface area contributed by atoms with E-state index in [0.717, 1.165) is 6.42 Å². The van der Waals surface area contributed by atoms with E-state index in [1.165, 1.54) is 4.90 Å². The molecular formula is C12H22N2O4. The van der Waals surface area contributed by atoms with Crippen molar-refractivity contribution in [1.82, 2.24) is 9.80 Å². The molecule has 1 rings (SSSR count). The van der Waals surface area contributed by atoms with Crippen LogP contribution >= 0.6 is 0 Å². The Hall–Kier alpha value is -1.30. The normalized spacial score (nSPS) is 23.2. The Morgan fingerprint density at radius 1 is 1.44 bits per heavy atom. The quantitative estimate of drug-likeness (QED) is 0.757. The van der Waals surface area contributed by atoms with Crippen LogP contribution in [-0.2, 0) is 4.79 Å². The number of likely N-dealkylation sites (tertiary alicyclic amines) is 1. The topological polar surface area (TPSA) is 81.1 Å². The number of hydrogen-bond donors (Lipinski definition) is 2. The molecule has 0 aliphatic carbocycles. The van der Waals surface area contributed by atoms with Crippen LogP contribution < -0.4 is 0 Å². The van der Waals surface area contributed by atoms with Gasteiger partial charge in [-0.3, -0.25) is 0 Å². The zero-order chi connectivity index (χ0) is 13.7. The third-order valence-electron chi connectivity index (χ3n) is 3.44. The van der Waals surface area contributed by atoms with Crippen molar-refractivity contribution in [2.45, 2.75) is 32.7 Å². The highest BCUT2D eigenvalue weighted by molar-refractivity contribution is 5.83. The Morgan fingerprint density at radius 3 is 2.61 bits per heavy atom.